The van der Waals surface area contributed by atoms with Crippen LogP contribution < -0.4 is 5.73 Å². The van der Waals surface area contributed by atoms with Crippen LogP contribution in [0.1, 0.15) is 46.0 Å². The highest BCUT2D eigenvalue weighted by Gasteiger charge is 2.35. The van der Waals surface area contributed by atoms with Crippen LogP contribution in [0.3, 0.4) is 0 Å². The molecule has 2 N–H and O–H groups in total. The molecule has 2 fully saturated rings. The van der Waals surface area contributed by atoms with Crippen LogP contribution in [0, 0.1) is 11.8 Å². The van der Waals surface area contributed by atoms with Gasteiger partial charge in [-0.15, -0.1) is 0 Å². The van der Waals surface area contributed by atoms with E-state index in [1.165, 1.54) is 32.2 Å². The van der Waals surface area contributed by atoms with Gasteiger partial charge in [0, 0.05) is 32.3 Å². The second-order valence-corrected chi connectivity index (χ2v) is 6.43. The summed E-state index contributed by atoms with van der Waals surface area (Å²) in [7, 11) is 1.83. The summed E-state index contributed by atoms with van der Waals surface area (Å²) in [6, 6.07) is 1.30. The Morgan fingerprint density at radius 1 is 1.11 bits per heavy atom. The number of hydrogen-bond donors (Lipinski definition) is 1. The lowest BCUT2D eigenvalue weighted by atomic mass is 9.77. The first-order chi connectivity index (χ1) is 8.65. The molecule has 5 atom stereocenters. The van der Waals surface area contributed by atoms with Gasteiger partial charge in [-0.3, -0.25) is 4.90 Å². The standard InChI is InChI=1S/C15H30N2O/c1-11-4-5-13(8-12(11)2)17-7-6-15(18-3)9-14(17)10-16/h11-15H,4-10,16H2,1-3H3. The van der Waals surface area contributed by atoms with Gasteiger partial charge in [-0.05, 0) is 43.9 Å². The number of rotatable bonds is 3. The average molecular weight is 254 g/mol. The molecule has 18 heavy (non-hydrogen) atoms. The molecule has 0 aromatic heterocycles. The number of likely N-dealkylation sites (tertiary alicyclic amines) is 1. The maximum Gasteiger partial charge on any atom is 0.0599 e. The number of piperidine rings is 1. The maximum atomic E-state index is 5.98. The van der Waals surface area contributed by atoms with Crippen LogP contribution in [0.25, 0.3) is 0 Å². The zero-order chi connectivity index (χ0) is 13.1. The highest BCUT2D eigenvalue weighted by molar-refractivity contribution is 4.90. The van der Waals surface area contributed by atoms with Gasteiger partial charge in [-0.1, -0.05) is 13.8 Å². The Kier molecular flexibility index (Phi) is 5.05. The van der Waals surface area contributed by atoms with Crippen molar-refractivity contribution in [2.75, 3.05) is 20.2 Å². The predicted molar refractivity (Wildman–Crippen MR) is 75.5 cm³/mol. The number of methoxy groups -OCH3 is 1. The minimum atomic E-state index is 0.426. The van der Waals surface area contributed by atoms with Crippen LogP contribution in [0.5, 0.6) is 0 Å². The fourth-order valence-electron chi connectivity index (χ4n) is 3.78. The molecule has 106 valence electrons. The van der Waals surface area contributed by atoms with E-state index in [9.17, 15) is 0 Å². The van der Waals surface area contributed by atoms with Crippen molar-refractivity contribution in [2.45, 2.75) is 64.1 Å². The molecule has 0 spiro atoms. The van der Waals surface area contributed by atoms with E-state index in [-0.39, 0.29) is 0 Å². The first-order valence-electron chi connectivity index (χ1n) is 7.64. The molecule has 1 saturated carbocycles. The van der Waals surface area contributed by atoms with Crippen LogP contribution in [-0.4, -0.2) is 43.3 Å². The van der Waals surface area contributed by atoms with Gasteiger partial charge in [0.05, 0.1) is 6.10 Å². The summed E-state index contributed by atoms with van der Waals surface area (Å²) in [4.78, 5) is 2.69. The van der Waals surface area contributed by atoms with E-state index in [0.717, 1.165) is 30.8 Å². The molecule has 3 nitrogen and oxygen atoms in total. The lowest BCUT2D eigenvalue weighted by Crippen LogP contribution is -2.54. The Balaban J connectivity index is 1.95. The molecule has 0 bridgehead atoms. The van der Waals surface area contributed by atoms with Crippen molar-refractivity contribution < 1.29 is 4.74 Å². The van der Waals surface area contributed by atoms with Gasteiger partial charge in [0.25, 0.3) is 0 Å². The first kappa shape index (κ1) is 14.3. The molecule has 2 aliphatic rings. The molecule has 1 saturated heterocycles. The predicted octanol–water partition coefficient (Wildman–Crippen LogP) is 2.25. The van der Waals surface area contributed by atoms with Crippen molar-refractivity contribution in [3.05, 3.63) is 0 Å². The SMILES string of the molecule is COC1CCN(C2CCC(C)C(C)C2)C(CN)C1. The summed E-state index contributed by atoms with van der Waals surface area (Å²) in [5.74, 6) is 1.76. The summed E-state index contributed by atoms with van der Waals surface area (Å²) in [5, 5.41) is 0. The van der Waals surface area contributed by atoms with E-state index in [4.69, 9.17) is 10.5 Å². The van der Waals surface area contributed by atoms with Gasteiger partial charge in [-0.2, -0.15) is 0 Å². The first-order valence-corrected chi connectivity index (χ1v) is 7.64. The Hall–Kier alpha value is -0.120. The van der Waals surface area contributed by atoms with E-state index in [2.05, 4.69) is 18.7 Å². The fraction of sp³-hybridized carbons (Fsp3) is 1.00. The van der Waals surface area contributed by atoms with E-state index in [1.807, 2.05) is 7.11 Å². The molecule has 1 aliphatic carbocycles. The Bertz CT molecular complexity index is 259. The van der Waals surface area contributed by atoms with Gasteiger partial charge in [0.15, 0.2) is 0 Å². The van der Waals surface area contributed by atoms with Gasteiger partial charge in [0.1, 0.15) is 0 Å². The smallest absolute Gasteiger partial charge is 0.0599 e. The second kappa shape index (κ2) is 6.36. The van der Waals surface area contributed by atoms with Crippen molar-refractivity contribution in [1.82, 2.24) is 4.90 Å². The topological polar surface area (TPSA) is 38.5 Å². The number of nitrogens with two attached hydrogens (primary N) is 1. The Morgan fingerprint density at radius 2 is 1.89 bits per heavy atom. The molecule has 0 radical (unpaired) electrons. The molecule has 0 aromatic carbocycles. The Morgan fingerprint density at radius 3 is 2.50 bits per heavy atom. The molecule has 1 aliphatic heterocycles. The summed E-state index contributed by atoms with van der Waals surface area (Å²) in [5.41, 5.74) is 5.98. The van der Waals surface area contributed by atoms with Gasteiger partial charge >= 0.3 is 0 Å². The monoisotopic (exact) mass is 254 g/mol. The quantitative estimate of drug-likeness (QED) is 0.839. The summed E-state index contributed by atoms with van der Waals surface area (Å²) < 4.78 is 5.51. The largest absolute Gasteiger partial charge is 0.381 e. The molecular weight excluding hydrogens is 224 g/mol. The molecule has 3 heteroatoms. The summed E-state index contributed by atoms with van der Waals surface area (Å²) >= 11 is 0. The van der Waals surface area contributed by atoms with E-state index in [0.29, 0.717) is 12.1 Å². The zero-order valence-corrected chi connectivity index (χ0v) is 12.3. The van der Waals surface area contributed by atoms with Crippen LogP contribution in [0.2, 0.25) is 0 Å². The third kappa shape index (κ3) is 3.06. The molecule has 0 aromatic rings. The maximum absolute atomic E-state index is 5.98. The van der Waals surface area contributed by atoms with Crippen LogP contribution in [-0.2, 0) is 4.74 Å². The van der Waals surface area contributed by atoms with Crippen molar-refractivity contribution in [3.8, 4) is 0 Å². The zero-order valence-electron chi connectivity index (χ0n) is 12.3. The second-order valence-electron chi connectivity index (χ2n) is 6.43. The Labute approximate surface area is 112 Å². The van der Waals surface area contributed by atoms with Crippen molar-refractivity contribution >= 4 is 0 Å². The van der Waals surface area contributed by atoms with E-state index >= 15 is 0 Å². The summed E-state index contributed by atoms with van der Waals surface area (Å²) in [6.07, 6.45) is 6.82. The van der Waals surface area contributed by atoms with Crippen molar-refractivity contribution in [1.29, 1.82) is 0 Å². The van der Waals surface area contributed by atoms with Crippen LogP contribution in [0.4, 0.5) is 0 Å². The van der Waals surface area contributed by atoms with Gasteiger partial charge < -0.3 is 10.5 Å². The number of hydrogen-bond acceptors (Lipinski definition) is 3. The average Bonchev–Trinajstić information content (AvgIpc) is 2.41. The van der Waals surface area contributed by atoms with E-state index < -0.39 is 0 Å². The van der Waals surface area contributed by atoms with Gasteiger partial charge in [0.2, 0.25) is 0 Å². The van der Waals surface area contributed by atoms with Crippen molar-refractivity contribution in [3.63, 3.8) is 0 Å². The third-order valence-corrected chi connectivity index (χ3v) is 5.36. The minimum absolute atomic E-state index is 0.426. The van der Waals surface area contributed by atoms with E-state index in [1.54, 1.807) is 0 Å². The van der Waals surface area contributed by atoms with Crippen LogP contribution in [0.15, 0.2) is 0 Å². The minimum Gasteiger partial charge on any atom is -0.381 e. The molecule has 1 heterocycles. The third-order valence-electron chi connectivity index (χ3n) is 5.36. The van der Waals surface area contributed by atoms with Gasteiger partial charge in [-0.25, -0.2) is 0 Å². The highest BCUT2D eigenvalue weighted by atomic mass is 16.5. The molecular formula is C15H30N2O. The molecule has 2 rings (SSSR count). The summed E-state index contributed by atoms with van der Waals surface area (Å²) in [6.45, 7) is 6.76. The fourth-order valence-corrected chi connectivity index (χ4v) is 3.78. The number of ether oxygens (including phenoxy) is 1. The molecule has 5 unspecified atom stereocenters. The lowest BCUT2D eigenvalue weighted by molar-refractivity contribution is -0.0188. The van der Waals surface area contributed by atoms with Crippen molar-refractivity contribution in [2.24, 2.45) is 17.6 Å². The molecule has 0 amide bonds. The lowest BCUT2D eigenvalue weighted by Gasteiger charge is -2.46. The normalized spacial score (nSPS) is 43.0. The van der Waals surface area contributed by atoms with Crippen LogP contribution >= 0.6 is 0 Å². The highest BCUT2D eigenvalue weighted by Crippen LogP contribution is 2.34. The number of nitrogens with zero attached hydrogens (tertiary/aromatic N) is 1.